The summed E-state index contributed by atoms with van der Waals surface area (Å²) in [4.78, 5) is 31.6. The number of carbonyl (C=O) groups excluding carboxylic acids is 1. The Hall–Kier alpha value is -2.97. The quantitative estimate of drug-likeness (QED) is 0.400. The van der Waals surface area contributed by atoms with E-state index >= 15 is 0 Å². The van der Waals surface area contributed by atoms with Gasteiger partial charge < -0.3 is 19.8 Å². The molecule has 0 aliphatic carbocycles. The van der Waals surface area contributed by atoms with Gasteiger partial charge in [0.25, 0.3) is 5.56 Å². The summed E-state index contributed by atoms with van der Waals surface area (Å²) >= 11 is 7.13. The molecular weight excluding hydrogens is 426 g/mol. The first kappa shape index (κ1) is 21.7. The second-order valence-electron chi connectivity index (χ2n) is 6.24. The monoisotopic (exact) mass is 445 g/mol. The molecule has 30 heavy (non-hydrogen) atoms. The molecule has 9 heteroatoms. The number of benzene rings is 2. The predicted molar refractivity (Wildman–Crippen MR) is 118 cm³/mol. The van der Waals surface area contributed by atoms with Crippen molar-refractivity contribution in [3.05, 3.63) is 75.7 Å². The Balaban J connectivity index is 1.66. The third-order valence-corrected chi connectivity index (χ3v) is 5.20. The zero-order chi connectivity index (χ0) is 21.5. The van der Waals surface area contributed by atoms with Crippen molar-refractivity contribution in [2.45, 2.75) is 23.9 Å². The van der Waals surface area contributed by atoms with Gasteiger partial charge in [0.2, 0.25) is 5.91 Å². The number of anilines is 1. The summed E-state index contributed by atoms with van der Waals surface area (Å²) in [6.07, 6.45) is 0. The van der Waals surface area contributed by atoms with E-state index in [0.717, 1.165) is 11.8 Å². The maximum Gasteiger partial charge on any atom is 0.251 e. The number of nitrogens with one attached hydrogen (secondary N) is 2. The van der Waals surface area contributed by atoms with E-state index in [1.807, 2.05) is 30.3 Å². The van der Waals surface area contributed by atoms with Crippen LogP contribution < -0.4 is 20.3 Å². The van der Waals surface area contributed by atoms with Gasteiger partial charge in [-0.2, -0.15) is 0 Å². The summed E-state index contributed by atoms with van der Waals surface area (Å²) in [5.41, 5.74) is 0.617. The predicted octanol–water partition coefficient (Wildman–Crippen LogP) is 4.13. The molecule has 0 saturated heterocycles. The van der Waals surface area contributed by atoms with E-state index in [4.69, 9.17) is 21.1 Å². The lowest BCUT2D eigenvalue weighted by atomic mass is 10.3. The number of aromatic amines is 1. The molecule has 1 aromatic heterocycles. The van der Waals surface area contributed by atoms with E-state index in [1.54, 1.807) is 25.1 Å². The SMILES string of the molecule is COc1ccc(Cl)cc1NC(=O)C(C)Sc1nc(COc2ccccc2)cc(=O)[nH]1. The molecule has 1 amide bonds. The van der Waals surface area contributed by atoms with Gasteiger partial charge in [-0.1, -0.05) is 41.6 Å². The zero-order valence-electron chi connectivity index (χ0n) is 16.3. The number of hydrogen-bond donors (Lipinski definition) is 2. The van der Waals surface area contributed by atoms with E-state index in [9.17, 15) is 9.59 Å². The molecule has 0 aliphatic rings. The number of methoxy groups -OCH3 is 1. The molecule has 2 N–H and O–H groups in total. The maximum atomic E-state index is 12.6. The van der Waals surface area contributed by atoms with Crippen LogP contribution in [0.25, 0.3) is 0 Å². The minimum Gasteiger partial charge on any atom is -0.495 e. The minimum absolute atomic E-state index is 0.141. The second-order valence-corrected chi connectivity index (χ2v) is 8.00. The molecular formula is C21H20ClN3O4S. The van der Waals surface area contributed by atoms with Gasteiger partial charge in [0.05, 0.1) is 23.7 Å². The van der Waals surface area contributed by atoms with E-state index in [2.05, 4.69) is 15.3 Å². The van der Waals surface area contributed by atoms with Gasteiger partial charge in [-0.15, -0.1) is 0 Å². The fraction of sp³-hybridized carbons (Fsp3) is 0.190. The zero-order valence-corrected chi connectivity index (χ0v) is 17.9. The van der Waals surface area contributed by atoms with Crippen molar-refractivity contribution in [2.75, 3.05) is 12.4 Å². The van der Waals surface area contributed by atoms with Crippen LogP contribution in [0.3, 0.4) is 0 Å². The number of carbonyl (C=O) groups is 1. The van der Waals surface area contributed by atoms with Crippen molar-refractivity contribution in [2.24, 2.45) is 0 Å². The van der Waals surface area contributed by atoms with Crippen molar-refractivity contribution < 1.29 is 14.3 Å². The highest BCUT2D eigenvalue weighted by molar-refractivity contribution is 8.00. The molecule has 3 aromatic rings. The highest BCUT2D eigenvalue weighted by Gasteiger charge is 2.18. The first-order valence-electron chi connectivity index (χ1n) is 9.04. The molecule has 1 heterocycles. The molecule has 1 atom stereocenters. The van der Waals surface area contributed by atoms with Crippen LogP contribution in [0.5, 0.6) is 11.5 Å². The molecule has 1 unspecified atom stereocenters. The normalized spacial score (nSPS) is 11.6. The molecule has 0 bridgehead atoms. The van der Waals surface area contributed by atoms with Crippen LogP contribution in [-0.2, 0) is 11.4 Å². The van der Waals surface area contributed by atoms with Gasteiger partial charge in [-0.3, -0.25) is 9.59 Å². The fourth-order valence-corrected chi connectivity index (χ4v) is 3.52. The second kappa shape index (κ2) is 10.2. The average Bonchev–Trinajstić information content (AvgIpc) is 2.73. The Morgan fingerprint density at radius 2 is 2.00 bits per heavy atom. The van der Waals surface area contributed by atoms with Gasteiger partial charge >= 0.3 is 0 Å². The summed E-state index contributed by atoms with van der Waals surface area (Å²) in [6.45, 7) is 1.85. The van der Waals surface area contributed by atoms with Gasteiger partial charge in [0, 0.05) is 11.1 Å². The summed E-state index contributed by atoms with van der Waals surface area (Å²) in [5, 5.41) is 3.05. The van der Waals surface area contributed by atoms with Crippen LogP contribution >= 0.6 is 23.4 Å². The molecule has 7 nitrogen and oxygen atoms in total. The summed E-state index contributed by atoms with van der Waals surface area (Å²) in [7, 11) is 1.51. The molecule has 3 rings (SSSR count). The highest BCUT2D eigenvalue weighted by Crippen LogP contribution is 2.29. The summed E-state index contributed by atoms with van der Waals surface area (Å²) < 4.78 is 10.9. The van der Waals surface area contributed by atoms with Crippen molar-refractivity contribution in [1.82, 2.24) is 9.97 Å². The van der Waals surface area contributed by atoms with Crippen molar-refractivity contribution in [1.29, 1.82) is 0 Å². The molecule has 2 aromatic carbocycles. The first-order chi connectivity index (χ1) is 14.4. The number of H-pyrrole nitrogens is 1. The van der Waals surface area contributed by atoms with Crippen LogP contribution in [-0.4, -0.2) is 28.2 Å². The molecule has 0 saturated carbocycles. The first-order valence-corrected chi connectivity index (χ1v) is 10.3. The van der Waals surface area contributed by atoms with Gasteiger partial charge in [0.15, 0.2) is 5.16 Å². The van der Waals surface area contributed by atoms with Gasteiger partial charge in [-0.05, 0) is 37.3 Å². The number of rotatable bonds is 8. The van der Waals surface area contributed by atoms with Crippen LogP contribution in [0.15, 0.2) is 64.5 Å². The van der Waals surface area contributed by atoms with Crippen molar-refractivity contribution >= 4 is 35.0 Å². The number of nitrogens with zero attached hydrogens (tertiary/aromatic N) is 1. The van der Waals surface area contributed by atoms with E-state index in [-0.39, 0.29) is 18.1 Å². The van der Waals surface area contributed by atoms with Gasteiger partial charge in [-0.25, -0.2) is 4.98 Å². The summed E-state index contributed by atoms with van der Waals surface area (Å²) in [6, 6.07) is 15.6. The van der Waals surface area contributed by atoms with Gasteiger partial charge in [0.1, 0.15) is 18.1 Å². The Morgan fingerprint density at radius 1 is 1.23 bits per heavy atom. The number of para-hydroxylation sites is 1. The molecule has 0 aliphatic heterocycles. The maximum absolute atomic E-state index is 12.6. The standard InChI is InChI=1S/C21H20ClN3O4S/c1-13(20(27)24-17-10-14(22)8-9-18(17)28-2)30-21-23-15(11-19(26)25-21)12-29-16-6-4-3-5-7-16/h3-11,13H,12H2,1-2H3,(H,24,27)(H,23,25,26). The molecule has 0 fully saturated rings. The van der Waals surface area contributed by atoms with Crippen molar-refractivity contribution in [3.8, 4) is 11.5 Å². The third-order valence-electron chi connectivity index (χ3n) is 3.98. The minimum atomic E-state index is -0.540. The molecule has 156 valence electrons. The Kier molecular flexibility index (Phi) is 7.37. The highest BCUT2D eigenvalue weighted by atomic mass is 35.5. The fourth-order valence-electron chi connectivity index (χ4n) is 2.52. The largest absolute Gasteiger partial charge is 0.495 e. The number of amides is 1. The molecule has 0 spiro atoms. The number of hydrogen-bond acceptors (Lipinski definition) is 6. The van der Waals surface area contributed by atoms with Crippen LogP contribution in [0.1, 0.15) is 12.6 Å². The number of ether oxygens (including phenoxy) is 2. The van der Waals surface area contributed by atoms with Crippen LogP contribution in [0.2, 0.25) is 5.02 Å². The van der Waals surface area contributed by atoms with E-state index in [1.165, 1.54) is 13.2 Å². The Bertz CT molecular complexity index is 1080. The number of thioether (sulfide) groups is 1. The Morgan fingerprint density at radius 3 is 2.73 bits per heavy atom. The van der Waals surface area contributed by atoms with E-state index in [0.29, 0.717) is 33.1 Å². The number of halogens is 1. The lowest BCUT2D eigenvalue weighted by molar-refractivity contribution is -0.115. The smallest absolute Gasteiger partial charge is 0.251 e. The number of aromatic nitrogens is 2. The topological polar surface area (TPSA) is 93.3 Å². The van der Waals surface area contributed by atoms with Crippen LogP contribution in [0.4, 0.5) is 5.69 Å². The van der Waals surface area contributed by atoms with E-state index < -0.39 is 5.25 Å². The summed E-state index contributed by atoms with van der Waals surface area (Å²) in [5.74, 6) is 0.891. The van der Waals surface area contributed by atoms with Crippen LogP contribution in [0, 0.1) is 0 Å². The molecule has 0 radical (unpaired) electrons. The lowest BCUT2D eigenvalue weighted by Crippen LogP contribution is -2.23. The third kappa shape index (κ3) is 6.01. The van der Waals surface area contributed by atoms with Crippen molar-refractivity contribution in [3.63, 3.8) is 0 Å². The lowest BCUT2D eigenvalue weighted by Gasteiger charge is -2.14. The average molecular weight is 446 g/mol. The Labute approximate surface area is 182 Å².